The minimum Gasteiger partial charge on any atom is -0.484 e. The number of aromatic nitrogens is 1. The van der Waals surface area contributed by atoms with Gasteiger partial charge >= 0.3 is 0 Å². The van der Waals surface area contributed by atoms with E-state index in [4.69, 9.17) is 26.1 Å². The topological polar surface area (TPSA) is 54.9 Å². The predicted molar refractivity (Wildman–Crippen MR) is 128 cm³/mol. The SMILES string of the molecule is CSc1ccc2nc(N(CCN3CCOCC3)C(=O)COc3ccc(Cl)cc3)sc2c1. The van der Waals surface area contributed by atoms with Gasteiger partial charge in [-0.3, -0.25) is 14.6 Å². The number of amides is 1. The number of thioether (sulfide) groups is 1. The van der Waals surface area contributed by atoms with Crippen LogP contribution in [0.5, 0.6) is 5.75 Å². The van der Waals surface area contributed by atoms with E-state index >= 15 is 0 Å². The van der Waals surface area contributed by atoms with Crippen molar-refractivity contribution >= 4 is 56.0 Å². The molecule has 3 aromatic rings. The number of nitrogens with zero attached hydrogens (tertiary/aromatic N) is 3. The van der Waals surface area contributed by atoms with Crippen LogP contribution in [0.1, 0.15) is 0 Å². The summed E-state index contributed by atoms with van der Waals surface area (Å²) in [5.74, 6) is 0.493. The predicted octanol–water partition coefficient (Wildman–Crippen LogP) is 4.42. The highest BCUT2D eigenvalue weighted by atomic mass is 35.5. The van der Waals surface area contributed by atoms with Crippen molar-refractivity contribution in [3.63, 3.8) is 0 Å². The Kier molecular flexibility index (Phi) is 7.68. The van der Waals surface area contributed by atoms with E-state index in [0.717, 1.165) is 43.1 Å². The summed E-state index contributed by atoms with van der Waals surface area (Å²) in [6, 6.07) is 13.2. The molecule has 2 aromatic carbocycles. The summed E-state index contributed by atoms with van der Waals surface area (Å²) < 4.78 is 12.2. The smallest absolute Gasteiger partial charge is 0.266 e. The lowest BCUT2D eigenvalue weighted by atomic mass is 10.3. The Morgan fingerprint density at radius 2 is 2.03 bits per heavy atom. The van der Waals surface area contributed by atoms with Gasteiger partial charge in [0.25, 0.3) is 5.91 Å². The molecule has 1 aromatic heterocycles. The van der Waals surface area contributed by atoms with Crippen LogP contribution in [-0.2, 0) is 9.53 Å². The normalized spacial score (nSPS) is 14.6. The van der Waals surface area contributed by atoms with Gasteiger partial charge in [0, 0.05) is 36.1 Å². The van der Waals surface area contributed by atoms with Crippen LogP contribution in [0.4, 0.5) is 5.13 Å². The number of fused-ring (bicyclic) bond motifs is 1. The number of hydrogen-bond donors (Lipinski definition) is 0. The summed E-state index contributed by atoms with van der Waals surface area (Å²) in [6.07, 6.45) is 2.05. The molecule has 0 radical (unpaired) electrons. The molecule has 164 valence electrons. The molecule has 1 aliphatic heterocycles. The molecule has 6 nitrogen and oxygen atoms in total. The number of hydrogen-bond acceptors (Lipinski definition) is 7. The van der Waals surface area contributed by atoms with Crippen LogP contribution in [0.2, 0.25) is 5.02 Å². The van der Waals surface area contributed by atoms with Crippen LogP contribution in [0.15, 0.2) is 47.4 Å². The first kappa shape index (κ1) is 22.4. The molecule has 0 bridgehead atoms. The molecule has 9 heteroatoms. The highest BCUT2D eigenvalue weighted by molar-refractivity contribution is 7.98. The molecule has 0 spiro atoms. The molecular weight excluding hydrogens is 454 g/mol. The Morgan fingerprint density at radius 3 is 2.77 bits per heavy atom. The monoisotopic (exact) mass is 477 g/mol. The second-order valence-electron chi connectivity index (χ2n) is 7.07. The highest BCUT2D eigenvalue weighted by Gasteiger charge is 2.22. The van der Waals surface area contributed by atoms with Crippen molar-refractivity contribution < 1.29 is 14.3 Å². The average molecular weight is 478 g/mol. The van der Waals surface area contributed by atoms with Crippen LogP contribution < -0.4 is 9.64 Å². The first-order valence-corrected chi connectivity index (χ1v) is 12.5. The molecular formula is C22H24ClN3O3S2. The zero-order chi connectivity index (χ0) is 21.6. The summed E-state index contributed by atoms with van der Waals surface area (Å²) >= 11 is 9.16. The molecule has 1 saturated heterocycles. The van der Waals surface area contributed by atoms with Crippen molar-refractivity contribution in [1.82, 2.24) is 9.88 Å². The lowest BCUT2D eigenvalue weighted by Gasteiger charge is -2.29. The van der Waals surface area contributed by atoms with Crippen molar-refractivity contribution in [2.45, 2.75) is 4.90 Å². The van der Waals surface area contributed by atoms with Gasteiger partial charge in [-0.2, -0.15) is 0 Å². The molecule has 0 aliphatic carbocycles. The number of anilines is 1. The largest absolute Gasteiger partial charge is 0.484 e. The minimum atomic E-state index is -0.118. The van der Waals surface area contributed by atoms with Crippen molar-refractivity contribution in [3.8, 4) is 5.75 Å². The fourth-order valence-electron chi connectivity index (χ4n) is 3.28. The van der Waals surface area contributed by atoms with Gasteiger partial charge in [-0.15, -0.1) is 11.8 Å². The van der Waals surface area contributed by atoms with Crippen LogP contribution >= 0.6 is 34.7 Å². The van der Waals surface area contributed by atoms with Crippen molar-refractivity contribution in [2.75, 3.05) is 57.2 Å². The third-order valence-electron chi connectivity index (χ3n) is 5.04. The first-order valence-electron chi connectivity index (χ1n) is 10.1. The lowest BCUT2D eigenvalue weighted by Crippen LogP contribution is -2.44. The third kappa shape index (κ3) is 5.90. The fourth-order valence-corrected chi connectivity index (χ4v) is 4.97. The van der Waals surface area contributed by atoms with Crippen molar-refractivity contribution in [2.24, 2.45) is 0 Å². The van der Waals surface area contributed by atoms with E-state index in [1.165, 1.54) is 16.2 Å². The molecule has 0 saturated carbocycles. The van der Waals surface area contributed by atoms with Gasteiger partial charge in [0.05, 0.1) is 23.4 Å². The summed E-state index contributed by atoms with van der Waals surface area (Å²) in [7, 11) is 0. The van der Waals surface area contributed by atoms with Gasteiger partial charge in [-0.25, -0.2) is 4.98 Å². The van der Waals surface area contributed by atoms with E-state index < -0.39 is 0 Å². The molecule has 2 heterocycles. The molecule has 4 rings (SSSR count). The quantitative estimate of drug-likeness (QED) is 0.448. The maximum absolute atomic E-state index is 13.2. The van der Waals surface area contributed by atoms with Gasteiger partial charge in [0.2, 0.25) is 0 Å². The van der Waals surface area contributed by atoms with Gasteiger partial charge in [-0.05, 0) is 48.7 Å². The Labute approximate surface area is 195 Å². The van der Waals surface area contributed by atoms with E-state index in [-0.39, 0.29) is 12.5 Å². The maximum Gasteiger partial charge on any atom is 0.266 e. The second kappa shape index (κ2) is 10.7. The Bertz CT molecular complexity index is 1020. The Hall–Kier alpha value is -1.84. The van der Waals surface area contributed by atoms with Gasteiger partial charge in [-0.1, -0.05) is 22.9 Å². The van der Waals surface area contributed by atoms with E-state index in [9.17, 15) is 4.79 Å². The number of rotatable bonds is 8. The zero-order valence-corrected chi connectivity index (χ0v) is 19.6. The summed E-state index contributed by atoms with van der Waals surface area (Å²) in [6.45, 7) is 4.47. The van der Waals surface area contributed by atoms with Crippen LogP contribution in [0, 0.1) is 0 Å². The molecule has 0 atom stereocenters. The summed E-state index contributed by atoms with van der Waals surface area (Å²) in [4.78, 5) is 23.1. The Morgan fingerprint density at radius 1 is 1.26 bits per heavy atom. The number of morpholine rings is 1. The molecule has 1 aliphatic rings. The number of thiazole rings is 1. The van der Waals surface area contributed by atoms with Crippen molar-refractivity contribution in [3.05, 3.63) is 47.5 Å². The number of benzene rings is 2. The number of halogens is 1. The van der Waals surface area contributed by atoms with Gasteiger partial charge < -0.3 is 9.47 Å². The highest BCUT2D eigenvalue weighted by Crippen LogP contribution is 2.31. The molecule has 1 amide bonds. The first-order chi connectivity index (χ1) is 15.1. The van der Waals surface area contributed by atoms with Crippen LogP contribution in [-0.4, -0.2) is 68.0 Å². The van der Waals surface area contributed by atoms with Gasteiger partial charge in [0.15, 0.2) is 11.7 Å². The second-order valence-corrected chi connectivity index (χ2v) is 9.40. The Balaban J connectivity index is 1.51. The molecule has 0 N–H and O–H groups in total. The fraction of sp³-hybridized carbons (Fsp3) is 0.364. The molecule has 1 fully saturated rings. The van der Waals surface area contributed by atoms with E-state index in [2.05, 4.69) is 23.3 Å². The maximum atomic E-state index is 13.2. The number of carbonyl (C=O) groups is 1. The summed E-state index contributed by atoms with van der Waals surface area (Å²) in [5.41, 5.74) is 0.903. The zero-order valence-electron chi connectivity index (χ0n) is 17.3. The third-order valence-corrected chi connectivity index (χ3v) is 7.05. The average Bonchev–Trinajstić information content (AvgIpc) is 3.22. The van der Waals surface area contributed by atoms with E-state index in [1.54, 1.807) is 40.9 Å². The molecule has 0 unspecified atom stereocenters. The van der Waals surface area contributed by atoms with E-state index in [1.807, 2.05) is 6.07 Å². The van der Waals surface area contributed by atoms with Crippen LogP contribution in [0.3, 0.4) is 0 Å². The number of ether oxygens (including phenoxy) is 2. The van der Waals surface area contributed by atoms with Crippen LogP contribution in [0.25, 0.3) is 10.2 Å². The minimum absolute atomic E-state index is 0.0588. The lowest BCUT2D eigenvalue weighted by molar-refractivity contribution is -0.120. The standard InChI is InChI=1S/C22H24ClN3O3S2/c1-30-18-6-7-19-20(14-18)31-22(24-19)26(9-8-25-10-12-28-13-11-25)21(27)15-29-17-4-2-16(23)3-5-17/h2-7,14H,8-13,15H2,1H3. The summed E-state index contributed by atoms with van der Waals surface area (Å²) in [5, 5.41) is 1.33. The number of carbonyl (C=O) groups excluding carboxylic acids is 1. The molecule has 31 heavy (non-hydrogen) atoms. The van der Waals surface area contributed by atoms with Gasteiger partial charge in [0.1, 0.15) is 5.75 Å². The van der Waals surface area contributed by atoms with E-state index in [0.29, 0.717) is 22.4 Å². The van der Waals surface area contributed by atoms with Crippen molar-refractivity contribution in [1.29, 1.82) is 0 Å².